The van der Waals surface area contributed by atoms with Gasteiger partial charge in [0.05, 0.1) is 12.7 Å². The monoisotopic (exact) mass is 240 g/mol. The summed E-state index contributed by atoms with van der Waals surface area (Å²) in [5.74, 6) is 1.30. The SMILES string of the molecule is CC(C)(C)C1CO[C@@H](C(C)(C)C)[C@H]1C(C)(C)C. The summed E-state index contributed by atoms with van der Waals surface area (Å²) in [4.78, 5) is 0. The second kappa shape index (κ2) is 4.26. The first-order valence-corrected chi connectivity index (χ1v) is 6.97. The number of hydrogen-bond donors (Lipinski definition) is 0. The van der Waals surface area contributed by atoms with Gasteiger partial charge in [-0.1, -0.05) is 62.3 Å². The van der Waals surface area contributed by atoms with Crippen molar-refractivity contribution in [3.05, 3.63) is 0 Å². The number of rotatable bonds is 0. The largest absolute Gasteiger partial charge is 0.377 e. The van der Waals surface area contributed by atoms with Crippen LogP contribution in [0.25, 0.3) is 0 Å². The summed E-state index contributed by atoms with van der Waals surface area (Å²) in [5.41, 5.74) is 0.877. The van der Waals surface area contributed by atoms with E-state index in [-0.39, 0.29) is 5.41 Å². The molecule has 17 heavy (non-hydrogen) atoms. The Balaban J connectivity index is 3.08. The molecule has 0 amide bonds. The minimum absolute atomic E-state index is 0.234. The molecule has 1 heteroatoms. The van der Waals surface area contributed by atoms with E-state index in [1.165, 1.54) is 0 Å². The first-order valence-electron chi connectivity index (χ1n) is 6.97. The first kappa shape index (κ1) is 15.0. The summed E-state index contributed by atoms with van der Waals surface area (Å²) in [7, 11) is 0. The fourth-order valence-corrected chi connectivity index (χ4v) is 3.26. The zero-order valence-corrected chi connectivity index (χ0v) is 13.3. The topological polar surface area (TPSA) is 9.23 Å². The second-order valence-electron chi connectivity index (χ2n) is 8.98. The molecule has 3 atom stereocenters. The van der Waals surface area contributed by atoms with Crippen LogP contribution in [0.15, 0.2) is 0 Å². The highest BCUT2D eigenvalue weighted by Crippen LogP contribution is 2.51. The van der Waals surface area contributed by atoms with Crippen molar-refractivity contribution < 1.29 is 4.74 Å². The van der Waals surface area contributed by atoms with Crippen LogP contribution in [0.4, 0.5) is 0 Å². The Hall–Kier alpha value is -0.0400. The van der Waals surface area contributed by atoms with E-state index in [1.54, 1.807) is 0 Å². The molecule has 0 spiro atoms. The predicted molar refractivity (Wildman–Crippen MR) is 75.1 cm³/mol. The smallest absolute Gasteiger partial charge is 0.0660 e. The van der Waals surface area contributed by atoms with Gasteiger partial charge in [-0.3, -0.25) is 0 Å². The van der Waals surface area contributed by atoms with Gasteiger partial charge in [0.1, 0.15) is 0 Å². The van der Waals surface area contributed by atoms with Crippen LogP contribution >= 0.6 is 0 Å². The van der Waals surface area contributed by atoms with Crippen LogP contribution in [0.3, 0.4) is 0 Å². The summed E-state index contributed by atoms with van der Waals surface area (Å²) in [5, 5.41) is 0. The second-order valence-corrected chi connectivity index (χ2v) is 8.98. The predicted octanol–water partition coefficient (Wildman–Crippen LogP) is 4.76. The summed E-state index contributed by atoms with van der Waals surface area (Å²) >= 11 is 0. The van der Waals surface area contributed by atoms with E-state index in [9.17, 15) is 0 Å². The van der Waals surface area contributed by atoms with Crippen LogP contribution < -0.4 is 0 Å². The third-order valence-corrected chi connectivity index (χ3v) is 4.18. The highest BCUT2D eigenvalue weighted by atomic mass is 16.5. The molecule has 1 heterocycles. The molecule has 0 saturated carbocycles. The Morgan fingerprint density at radius 1 is 0.706 bits per heavy atom. The summed E-state index contributed by atoms with van der Waals surface area (Å²) in [6, 6.07) is 0. The lowest BCUT2D eigenvalue weighted by molar-refractivity contribution is -0.0213. The number of hydrogen-bond acceptors (Lipinski definition) is 1. The van der Waals surface area contributed by atoms with E-state index >= 15 is 0 Å². The van der Waals surface area contributed by atoms with Gasteiger partial charge in [-0.25, -0.2) is 0 Å². The third kappa shape index (κ3) is 3.24. The molecular weight excluding hydrogens is 208 g/mol. The van der Waals surface area contributed by atoms with Crippen LogP contribution in [0.1, 0.15) is 62.3 Å². The lowest BCUT2D eigenvalue weighted by atomic mass is 9.61. The Morgan fingerprint density at radius 3 is 1.47 bits per heavy atom. The minimum Gasteiger partial charge on any atom is -0.377 e. The molecular formula is C16H32O. The van der Waals surface area contributed by atoms with Crippen molar-refractivity contribution in [3.63, 3.8) is 0 Å². The van der Waals surface area contributed by atoms with Gasteiger partial charge < -0.3 is 4.74 Å². The fraction of sp³-hybridized carbons (Fsp3) is 1.00. The van der Waals surface area contributed by atoms with Gasteiger partial charge >= 0.3 is 0 Å². The maximum Gasteiger partial charge on any atom is 0.0660 e. The summed E-state index contributed by atoms with van der Waals surface area (Å²) < 4.78 is 6.20. The molecule has 0 aliphatic carbocycles. The third-order valence-electron chi connectivity index (χ3n) is 4.18. The molecule has 1 saturated heterocycles. The molecule has 0 aromatic heterocycles. The number of ether oxygens (including phenoxy) is 1. The maximum atomic E-state index is 6.20. The Labute approximate surface area is 108 Å². The van der Waals surface area contributed by atoms with Crippen LogP contribution in [-0.4, -0.2) is 12.7 Å². The molecule has 1 nitrogen and oxygen atoms in total. The minimum atomic E-state index is 0.234. The van der Waals surface area contributed by atoms with Crippen molar-refractivity contribution in [1.29, 1.82) is 0 Å². The summed E-state index contributed by atoms with van der Waals surface area (Å²) in [6.45, 7) is 22.0. The maximum absolute atomic E-state index is 6.20. The van der Waals surface area contributed by atoms with Crippen molar-refractivity contribution in [2.75, 3.05) is 6.61 Å². The highest BCUT2D eigenvalue weighted by molar-refractivity contribution is 4.99. The fourth-order valence-electron chi connectivity index (χ4n) is 3.26. The molecule has 1 fully saturated rings. The van der Waals surface area contributed by atoms with Crippen LogP contribution in [0.5, 0.6) is 0 Å². The quantitative estimate of drug-likeness (QED) is 0.593. The van der Waals surface area contributed by atoms with Gasteiger partial charge in [0.25, 0.3) is 0 Å². The zero-order chi connectivity index (χ0) is 13.6. The molecule has 1 aliphatic heterocycles. The van der Waals surface area contributed by atoms with Gasteiger partial charge in [-0.05, 0) is 28.1 Å². The van der Waals surface area contributed by atoms with Gasteiger partial charge in [0, 0.05) is 0 Å². The van der Waals surface area contributed by atoms with Crippen molar-refractivity contribution in [2.24, 2.45) is 28.1 Å². The molecule has 0 bridgehead atoms. The molecule has 0 N–H and O–H groups in total. The summed E-state index contributed by atoms with van der Waals surface area (Å²) in [6.07, 6.45) is 0.381. The van der Waals surface area contributed by atoms with Crippen molar-refractivity contribution in [3.8, 4) is 0 Å². The normalized spacial score (nSPS) is 31.9. The van der Waals surface area contributed by atoms with E-state index in [0.717, 1.165) is 6.61 Å². The van der Waals surface area contributed by atoms with Crippen LogP contribution in [0.2, 0.25) is 0 Å². The zero-order valence-electron chi connectivity index (χ0n) is 13.3. The van der Waals surface area contributed by atoms with E-state index in [2.05, 4.69) is 62.3 Å². The Kier molecular flexibility index (Phi) is 3.76. The first-order chi connectivity index (χ1) is 7.35. The van der Waals surface area contributed by atoms with Gasteiger partial charge in [0.15, 0.2) is 0 Å². The average Bonchev–Trinajstić information content (AvgIpc) is 2.42. The average molecular weight is 240 g/mol. The molecule has 0 aromatic rings. The highest BCUT2D eigenvalue weighted by Gasteiger charge is 2.51. The van der Waals surface area contributed by atoms with E-state index < -0.39 is 0 Å². The van der Waals surface area contributed by atoms with Gasteiger partial charge in [0.2, 0.25) is 0 Å². The van der Waals surface area contributed by atoms with E-state index in [0.29, 0.717) is 28.8 Å². The lowest BCUT2D eigenvalue weighted by Crippen LogP contribution is -2.43. The van der Waals surface area contributed by atoms with Gasteiger partial charge in [-0.2, -0.15) is 0 Å². The molecule has 1 unspecified atom stereocenters. The lowest BCUT2D eigenvalue weighted by Gasteiger charge is -2.43. The molecule has 0 radical (unpaired) electrons. The Morgan fingerprint density at radius 2 is 1.18 bits per heavy atom. The van der Waals surface area contributed by atoms with Crippen LogP contribution in [0, 0.1) is 28.1 Å². The molecule has 102 valence electrons. The van der Waals surface area contributed by atoms with E-state index in [4.69, 9.17) is 4.74 Å². The standard InChI is InChI=1S/C16H32O/c1-14(2,3)11-10-17-13(16(7,8)9)12(11)15(4,5)6/h11-13H,10H2,1-9H3/t11?,12-,13+/m0/s1. The molecule has 1 aliphatic rings. The van der Waals surface area contributed by atoms with Crippen molar-refractivity contribution in [1.82, 2.24) is 0 Å². The molecule has 0 aromatic carbocycles. The van der Waals surface area contributed by atoms with Crippen molar-refractivity contribution in [2.45, 2.75) is 68.4 Å². The van der Waals surface area contributed by atoms with Crippen LogP contribution in [-0.2, 0) is 4.74 Å². The Bertz CT molecular complexity index is 237. The van der Waals surface area contributed by atoms with Crippen molar-refractivity contribution >= 4 is 0 Å². The van der Waals surface area contributed by atoms with E-state index in [1.807, 2.05) is 0 Å². The van der Waals surface area contributed by atoms with Gasteiger partial charge in [-0.15, -0.1) is 0 Å². The molecule has 1 rings (SSSR count).